The highest BCUT2D eigenvalue weighted by Crippen LogP contribution is 2.16. The maximum Gasteiger partial charge on any atom is 0.161 e. The van der Waals surface area contributed by atoms with Crippen LogP contribution < -0.4 is 11.3 Å². The van der Waals surface area contributed by atoms with Crippen LogP contribution in [0.5, 0.6) is 0 Å². The summed E-state index contributed by atoms with van der Waals surface area (Å²) in [5.41, 5.74) is 4.31. The van der Waals surface area contributed by atoms with Crippen molar-refractivity contribution >= 4 is 0 Å². The van der Waals surface area contributed by atoms with Crippen molar-refractivity contribution in [2.75, 3.05) is 0 Å². The molecule has 0 aliphatic carbocycles. The van der Waals surface area contributed by atoms with Crippen molar-refractivity contribution in [3.05, 3.63) is 71.7 Å². The van der Waals surface area contributed by atoms with E-state index in [2.05, 4.69) is 12.0 Å². The fourth-order valence-corrected chi connectivity index (χ4v) is 1.15. The predicted octanol–water partition coefficient (Wildman–Crippen LogP) is 5.19. The summed E-state index contributed by atoms with van der Waals surface area (Å²) in [5.74, 6) is 5.53. The Morgan fingerprint density at radius 1 is 1.14 bits per heavy atom. The number of ether oxygens (including phenoxy) is 1. The Balaban J connectivity index is 0. The lowest BCUT2D eigenvalue weighted by Crippen LogP contribution is -2.18. The van der Waals surface area contributed by atoms with Gasteiger partial charge in [-0.25, -0.2) is 4.39 Å². The summed E-state index contributed by atoms with van der Waals surface area (Å²) in [6.45, 7) is 14.7. The maximum atomic E-state index is 13.7. The van der Waals surface area contributed by atoms with Crippen molar-refractivity contribution in [3.8, 4) is 0 Å². The van der Waals surface area contributed by atoms with E-state index in [1.807, 2.05) is 40.7 Å². The first-order chi connectivity index (χ1) is 10.4. The Hall–Kier alpha value is -2.07. The maximum absolute atomic E-state index is 13.7. The lowest BCUT2D eigenvalue weighted by atomic mass is 10.2. The Bertz CT molecular complexity index is 479. The van der Waals surface area contributed by atoms with E-state index in [1.165, 1.54) is 18.2 Å². The van der Waals surface area contributed by atoms with E-state index < -0.39 is 5.83 Å². The van der Waals surface area contributed by atoms with E-state index in [1.54, 1.807) is 19.1 Å². The average Bonchev–Trinajstić information content (AvgIpc) is 2.51. The SMILES string of the molecule is C=C/C=C\C(F)=C(/C)O/C(C=C(C)C)=C/C=C(\C)NN.CC. The zero-order valence-corrected chi connectivity index (χ0v) is 14.5. The van der Waals surface area contributed by atoms with Gasteiger partial charge >= 0.3 is 0 Å². The highest BCUT2D eigenvalue weighted by Gasteiger charge is 2.02. The van der Waals surface area contributed by atoms with Crippen LogP contribution in [0.2, 0.25) is 0 Å². The summed E-state index contributed by atoms with van der Waals surface area (Å²) in [5, 5.41) is 0. The molecule has 0 aromatic carbocycles. The summed E-state index contributed by atoms with van der Waals surface area (Å²) in [6, 6.07) is 0. The quantitative estimate of drug-likeness (QED) is 0.294. The number of allylic oxidation sites excluding steroid dienone is 10. The van der Waals surface area contributed by atoms with E-state index in [9.17, 15) is 4.39 Å². The van der Waals surface area contributed by atoms with E-state index in [0.29, 0.717) is 5.76 Å². The summed E-state index contributed by atoms with van der Waals surface area (Å²) >= 11 is 0. The topological polar surface area (TPSA) is 47.3 Å². The van der Waals surface area contributed by atoms with Gasteiger partial charge < -0.3 is 10.2 Å². The van der Waals surface area contributed by atoms with Crippen LogP contribution in [0.4, 0.5) is 4.39 Å². The van der Waals surface area contributed by atoms with E-state index in [0.717, 1.165) is 11.3 Å². The summed E-state index contributed by atoms with van der Waals surface area (Å²) in [4.78, 5) is 0. The van der Waals surface area contributed by atoms with Crippen molar-refractivity contribution in [2.45, 2.75) is 41.5 Å². The Labute approximate surface area is 134 Å². The van der Waals surface area contributed by atoms with Gasteiger partial charge in [-0.15, -0.1) is 0 Å². The molecule has 0 saturated carbocycles. The first kappa shape index (κ1) is 22.2. The number of nitrogens with two attached hydrogens (primary N) is 1. The number of halogens is 1. The van der Waals surface area contributed by atoms with Crippen molar-refractivity contribution in [3.63, 3.8) is 0 Å². The molecule has 0 atom stereocenters. The molecule has 0 amide bonds. The summed E-state index contributed by atoms with van der Waals surface area (Å²) in [7, 11) is 0. The van der Waals surface area contributed by atoms with Crippen LogP contribution in [0.3, 0.4) is 0 Å². The molecule has 0 bridgehead atoms. The zero-order valence-electron chi connectivity index (χ0n) is 14.5. The molecule has 22 heavy (non-hydrogen) atoms. The monoisotopic (exact) mass is 308 g/mol. The molecule has 0 spiro atoms. The third-order valence-corrected chi connectivity index (χ3v) is 2.14. The van der Waals surface area contributed by atoms with Gasteiger partial charge in [0.2, 0.25) is 0 Å². The fourth-order valence-electron chi connectivity index (χ4n) is 1.15. The van der Waals surface area contributed by atoms with Crippen LogP contribution in [-0.2, 0) is 4.74 Å². The molecule has 0 saturated heterocycles. The fraction of sp³-hybridized carbons (Fsp3) is 0.333. The average molecular weight is 308 g/mol. The van der Waals surface area contributed by atoms with Crippen LogP contribution in [0.25, 0.3) is 0 Å². The minimum atomic E-state index is -0.449. The van der Waals surface area contributed by atoms with E-state index in [4.69, 9.17) is 10.6 Å². The van der Waals surface area contributed by atoms with Gasteiger partial charge in [-0.3, -0.25) is 5.84 Å². The zero-order chi connectivity index (χ0) is 17.5. The predicted molar refractivity (Wildman–Crippen MR) is 94.2 cm³/mol. The minimum absolute atomic E-state index is 0.179. The molecule has 0 rings (SSSR count). The third-order valence-electron chi connectivity index (χ3n) is 2.14. The van der Waals surface area contributed by atoms with Crippen LogP contribution in [0, 0.1) is 0 Å². The lowest BCUT2D eigenvalue weighted by molar-refractivity contribution is 0.306. The molecule has 4 heteroatoms. The van der Waals surface area contributed by atoms with Gasteiger partial charge in [-0.05, 0) is 52.0 Å². The molecular weight excluding hydrogens is 279 g/mol. The first-order valence-electron chi connectivity index (χ1n) is 7.24. The number of hydrogen-bond donors (Lipinski definition) is 2. The van der Waals surface area contributed by atoms with E-state index in [-0.39, 0.29) is 5.76 Å². The highest BCUT2D eigenvalue weighted by molar-refractivity contribution is 5.26. The van der Waals surface area contributed by atoms with E-state index >= 15 is 0 Å². The summed E-state index contributed by atoms with van der Waals surface area (Å²) in [6.07, 6.45) is 9.59. The molecule has 3 nitrogen and oxygen atoms in total. The molecule has 0 radical (unpaired) electrons. The Kier molecular flexibility index (Phi) is 14.0. The normalized spacial score (nSPS) is 12.9. The van der Waals surface area contributed by atoms with Gasteiger partial charge in [-0.2, -0.15) is 0 Å². The molecule has 124 valence electrons. The van der Waals surface area contributed by atoms with Crippen molar-refractivity contribution in [1.82, 2.24) is 5.43 Å². The summed E-state index contributed by atoms with van der Waals surface area (Å²) < 4.78 is 19.2. The van der Waals surface area contributed by atoms with Crippen LogP contribution >= 0.6 is 0 Å². The largest absolute Gasteiger partial charge is 0.459 e. The number of rotatable bonds is 7. The van der Waals surface area contributed by atoms with Crippen LogP contribution in [-0.4, -0.2) is 0 Å². The second kappa shape index (κ2) is 13.9. The lowest BCUT2D eigenvalue weighted by Gasteiger charge is -2.08. The molecule has 0 heterocycles. The molecule has 0 aliphatic rings. The molecule has 3 N–H and O–H groups in total. The molecule has 0 aromatic rings. The van der Waals surface area contributed by atoms with Gasteiger partial charge in [0.05, 0.1) is 0 Å². The van der Waals surface area contributed by atoms with Crippen molar-refractivity contribution in [2.24, 2.45) is 5.84 Å². The van der Waals surface area contributed by atoms with Gasteiger partial charge in [0.1, 0.15) is 11.5 Å². The third kappa shape index (κ3) is 11.7. The molecule has 0 aliphatic heterocycles. The minimum Gasteiger partial charge on any atom is -0.459 e. The Morgan fingerprint density at radius 2 is 1.73 bits per heavy atom. The van der Waals surface area contributed by atoms with Gasteiger partial charge in [0.15, 0.2) is 5.83 Å². The smallest absolute Gasteiger partial charge is 0.161 e. The number of hydrogen-bond acceptors (Lipinski definition) is 3. The van der Waals surface area contributed by atoms with Crippen molar-refractivity contribution < 1.29 is 9.13 Å². The van der Waals surface area contributed by atoms with Gasteiger partial charge in [0.25, 0.3) is 0 Å². The highest BCUT2D eigenvalue weighted by atomic mass is 19.1. The molecular formula is C18H29FN2O. The van der Waals surface area contributed by atoms with Crippen molar-refractivity contribution in [1.29, 1.82) is 0 Å². The van der Waals surface area contributed by atoms with Gasteiger partial charge in [0, 0.05) is 5.70 Å². The van der Waals surface area contributed by atoms with Crippen LogP contribution in [0.15, 0.2) is 71.7 Å². The molecule has 0 unspecified atom stereocenters. The standard InChI is InChI=1S/C16H23FN2O.C2H6/c1-6-7-8-16(17)14(5)20-15(11-12(2)3)10-9-13(4)19-18;1-2/h6-11,19H,1,18H2,2-5H3;1-2H3/b8-7-,13-9+,15-10+,16-14-;. The molecule has 0 aromatic heterocycles. The number of hydrazine groups is 1. The number of nitrogens with one attached hydrogen (secondary N) is 1. The Morgan fingerprint density at radius 3 is 2.18 bits per heavy atom. The van der Waals surface area contributed by atoms with Crippen LogP contribution in [0.1, 0.15) is 41.5 Å². The van der Waals surface area contributed by atoms with Gasteiger partial charge in [-0.1, -0.05) is 38.2 Å². The second-order valence-electron chi connectivity index (χ2n) is 4.39. The molecule has 0 fully saturated rings. The first-order valence-corrected chi connectivity index (χ1v) is 7.24. The second-order valence-corrected chi connectivity index (χ2v) is 4.39.